The molecule has 1 heterocycles. The van der Waals surface area contributed by atoms with Gasteiger partial charge in [-0.15, -0.1) is 0 Å². The van der Waals surface area contributed by atoms with Gasteiger partial charge in [0.1, 0.15) is 0 Å². The van der Waals surface area contributed by atoms with Crippen molar-refractivity contribution in [3.8, 4) is 0 Å². The number of ether oxygens (including phenoxy) is 1. The zero-order valence-corrected chi connectivity index (χ0v) is 9.83. The first-order chi connectivity index (χ1) is 7.13. The molecule has 0 spiro atoms. The van der Waals surface area contributed by atoms with E-state index in [1.165, 1.54) is 12.8 Å². The lowest BCUT2D eigenvalue weighted by atomic mass is 10.1. The first-order valence-electron chi connectivity index (χ1n) is 5.78. The van der Waals surface area contributed by atoms with Crippen LogP contribution < -0.4 is 5.73 Å². The van der Waals surface area contributed by atoms with Crippen LogP contribution in [0.5, 0.6) is 0 Å². The summed E-state index contributed by atoms with van der Waals surface area (Å²) in [6.45, 7) is 4.01. The maximum atomic E-state index is 7.33. The van der Waals surface area contributed by atoms with Gasteiger partial charge in [0, 0.05) is 25.6 Å². The molecule has 1 aliphatic heterocycles. The van der Waals surface area contributed by atoms with Crippen molar-refractivity contribution in [1.29, 1.82) is 5.41 Å². The Hall–Kier alpha value is -0.610. The summed E-state index contributed by atoms with van der Waals surface area (Å²) in [6, 6.07) is 0.381. The van der Waals surface area contributed by atoms with Crippen molar-refractivity contribution in [2.24, 2.45) is 5.73 Å². The first kappa shape index (κ1) is 12.5. The highest BCUT2D eigenvalue weighted by Crippen LogP contribution is 2.15. The summed E-state index contributed by atoms with van der Waals surface area (Å²) in [5.74, 6) is 0.279. The van der Waals surface area contributed by atoms with E-state index in [9.17, 15) is 0 Å². The summed E-state index contributed by atoms with van der Waals surface area (Å²) in [6.07, 6.45) is 4.43. The predicted octanol–water partition coefficient (Wildman–Crippen LogP) is 1.20. The quantitative estimate of drug-likeness (QED) is 0.515. The van der Waals surface area contributed by atoms with Crippen molar-refractivity contribution >= 4 is 5.84 Å². The Morgan fingerprint density at radius 3 is 2.87 bits per heavy atom. The monoisotopic (exact) mass is 213 g/mol. The number of nitrogens with zero attached hydrogens (tertiary/aromatic N) is 1. The van der Waals surface area contributed by atoms with E-state index >= 15 is 0 Å². The molecule has 0 aromatic rings. The van der Waals surface area contributed by atoms with Gasteiger partial charge in [0.2, 0.25) is 0 Å². The summed E-state index contributed by atoms with van der Waals surface area (Å²) in [5, 5.41) is 7.33. The van der Waals surface area contributed by atoms with E-state index in [4.69, 9.17) is 15.9 Å². The van der Waals surface area contributed by atoms with Gasteiger partial charge in [0.05, 0.1) is 11.9 Å². The lowest BCUT2D eigenvalue weighted by Crippen LogP contribution is -2.39. The van der Waals surface area contributed by atoms with Gasteiger partial charge in [-0.05, 0) is 26.3 Å². The van der Waals surface area contributed by atoms with E-state index in [0.29, 0.717) is 18.6 Å². The van der Waals surface area contributed by atoms with Crippen molar-refractivity contribution in [2.75, 3.05) is 20.2 Å². The van der Waals surface area contributed by atoms with Crippen LogP contribution >= 0.6 is 0 Å². The molecule has 4 heteroatoms. The maximum absolute atomic E-state index is 7.33. The van der Waals surface area contributed by atoms with Crippen LogP contribution in [0.25, 0.3) is 0 Å². The fourth-order valence-electron chi connectivity index (χ4n) is 2.12. The van der Waals surface area contributed by atoms with E-state index in [1.807, 2.05) is 0 Å². The molecule has 88 valence electrons. The van der Waals surface area contributed by atoms with Gasteiger partial charge in [-0.25, -0.2) is 0 Å². The van der Waals surface area contributed by atoms with Crippen LogP contribution in [-0.2, 0) is 4.74 Å². The van der Waals surface area contributed by atoms with Crippen molar-refractivity contribution < 1.29 is 4.74 Å². The predicted molar refractivity (Wildman–Crippen MR) is 62.2 cm³/mol. The van der Waals surface area contributed by atoms with E-state index in [1.54, 1.807) is 0 Å². The Kier molecular flexibility index (Phi) is 5.05. The molecule has 4 nitrogen and oxygen atoms in total. The average molecular weight is 213 g/mol. The maximum Gasteiger partial charge on any atom is 0.0921 e. The summed E-state index contributed by atoms with van der Waals surface area (Å²) in [4.78, 5) is 2.28. The van der Waals surface area contributed by atoms with Crippen LogP contribution in [0, 0.1) is 5.41 Å². The number of nitrogens with one attached hydrogen (secondary N) is 1. The smallest absolute Gasteiger partial charge is 0.0921 e. The topological polar surface area (TPSA) is 62.3 Å². The van der Waals surface area contributed by atoms with Gasteiger partial charge in [-0.1, -0.05) is 6.92 Å². The van der Waals surface area contributed by atoms with Crippen LogP contribution in [0.15, 0.2) is 0 Å². The van der Waals surface area contributed by atoms with Crippen molar-refractivity contribution in [2.45, 2.75) is 44.8 Å². The second-order valence-electron chi connectivity index (χ2n) is 4.37. The summed E-state index contributed by atoms with van der Waals surface area (Å²) < 4.78 is 5.60. The molecular formula is C11H23N3O. The average Bonchev–Trinajstić information content (AvgIpc) is 2.66. The van der Waals surface area contributed by atoms with Crippen LogP contribution in [0.4, 0.5) is 0 Å². The Labute approximate surface area is 92.3 Å². The normalized spacial score (nSPS) is 23.3. The molecule has 0 amide bonds. The number of likely N-dealkylation sites (N-methyl/N-ethyl adjacent to an activating group) is 1. The highest BCUT2D eigenvalue weighted by molar-refractivity contribution is 5.77. The third-order valence-electron chi connectivity index (χ3n) is 3.07. The SMILES string of the molecule is CCC(CC(=N)N)N(C)CC1CCCO1. The zero-order valence-electron chi connectivity index (χ0n) is 9.83. The Balaban J connectivity index is 2.34. The molecular weight excluding hydrogens is 190 g/mol. The minimum atomic E-state index is 0.279. The van der Waals surface area contributed by atoms with Crippen molar-refractivity contribution in [3.63, 3.8) is 0 Å². The van der Waals surface area contributed by atoms with Crippen LogP contribution in [0.1, 0.15) is 32.6 Å². The molecule has 15 heavy (non-hydrogen) atoms. The summed E-state index contributed by atoms with van der Waals surface area (Å²) in [5.41, 5.74) is 5.44. The number of hydrogen-bond acceptors (Lipinski definition) is 3. The molecule has 0 bridgehead atoms. The molecule has 3 N–H and O–H groups in total. The number of nitrogens with two attached hydrogens (primary N) is 1. The molecule has 1 aliphatic rings. The fourth-order valence-corrected chi connectivity index (χ4v) is 2.12. The number of amidine groups is 1. The third kappa shape index (κ3) is 4.18. The molecule has 1 rings (SSSR count). The van der Waals surface area contributed by atoms with Crippen LogP contribution in [0.2, 0.25) is 0 Å². The molecule has 1 fully saturated rings. The first-order valence-corrected chi connectivity index (χ1v) is 5.78. The molecule has 0 aromatic heterocycles. The Morgan fingerprint density at radius 1 is 1.67 bits per heavy atom. The Bertz CT molecular complexity index is 202. The molecule has 0 saturated carbocycles. The van der Waals surface area contributed by atoms with Gasteiger partial charge >= 0.3 is 0 Å². The Morgan fingerprint density at radius 2 is 2.40 bits per heavy atom. The molecule has 2 atom stereocenters. The van der Waals surface area contributed by atoms with E-state index < -0.39 is 0 Å². The van der Waals surface area contributed by atoms with Gasteiger partial charge in [0.25, 0.3) is 0 Å². The summed E-state index contributed by atoms with van der Waals surface area (Å²) in [7, 11) is 2.10. The van der Waals surface area contributed by atoms with Crippen LogP contribution in [0.3, 0.4) is 0 Å². The minimum Gasteiger partial charge on any atom is -0.388 e. The molecule has 2 unspecified atom stereocenters. The van der Waals surface area contributed by atoms with Crippen LogP contribution in [-0.4, -0.2) is 43.1 Å². The lowest BCUT2D eigenvalue weighted by Gasteiger charge is -2.28. The van der Waals surface area contributed by atoms with Crippen molar-refractivity contribution in [3.05, 3.63) is 0 Å². The number of rotatable bonds is 6. The second kappa shape index (κ2) is 6.08. The van der Waals surface area contributed by atoms with E-state index in [2.05, 4.69) is 18.9 Å². The van der Waals surface area contributed by atoms with Gasteiger partial charge < -0.3 is 15.4 Å². The van der Waals surface area contributed by atoms with Gasteiger partial charge in [-0.2, -0.15) is 0 Å². The van der Waals surface area contributed by atoms with Gasteiger partial charge in [0.15, 0.2) is 0 Å². The molecule has 0 aliphatic carbocycles. The zero-order chi connectivity index (χ0) is 11.3. The van der Waals surface area contributed by atoms with E-state index in [-0.39, 0.29) is 5.84 Å². The second-order valence-corrected chi connectivity index (χ2v) is 4.37. The minimum absolute atomic E-state index is 0.279. The summed E-state index contributed by atoms with van der Waals surface area (Å²) >= 11 is 0. The lowest BCUT2D eigenvalue weighted by molar-refractivity contribution is 0.0681. The van der Waals surface area contributed by atoms with Gasteiger partial charge in [-0.3, -0.25) is 5.41 Å². The van der Waals surface area contributed by atoms with E-state index in [0.717, 1.165) is 19.6 Å². The highest BCUT2D eigenvalue weighted by atomic mass is 16.5. The molecule has 1 saturated heterocycles. The fraction of sp³-hybridized carbons (Fsp3) is 0.909. The largest absolute Gasteiger partial charge is 0.388 e. The number of hydrogen-bond donors (Lipinski definition) is 2. The third-order valence-corrected chi connectivity index (χ3v) is 3.07. The standard InChI is InChI=1S/C11H23N3O/c1-3-9(7-11(12)13)14(2)8-10-5-4-6-15-10/h9-10H,3-8H2,1-2H3,(H3,12,13). The molecule has 0 radical (unpaired) electrons. The highest BCUT2D eigenvalue weighted by Gasteiger charge is 2.21. The van der Waals surface area contributed by atoms with Crippen molar-refractivity contribution in [1.82, 2.24) is 4.90 Å². The molecule has 0 aromatic carbocycles.